The number of hydrogen-bond acceptors (Lipinski definition) is 4. The number of hydrogen-bond donors (Lipinski definition) is 1. The quantitative estimate of drug-likeness (QED) is 0.636. The molecule has 0 radical (unpaired) electrons. The summed E-state index contributed by atoms with van der Waals surface area (Å²) in [4.78, 5) is 15.6. The van der Waals surface area contributed by atoms with Crippen molar-refractivity contribution in [1.82, 2.24) is 4.98 Å². The molecular weight excluding hydrogens is 307 g/mol. The van der Waals surface area contributed by atoms with Crippen LogP contribution in [0, 0.1) is 3.57 Å². The molecule has 0 amide bonds. The van der Waals surface area contributed by atoms with Gasteiger partial charge >= 0.3 is 5.97 Å². The molecule has 0 saturated carbocycles. The Morgan fingerprint density at radius 1 is 1.53 bits per heavy atom. The second-order valence-electron chi connectivity index (χ2n) is 4.06. The molecule has 0 atom stereocenters. The second kappa shape index (κ2) is 4.34. The monoisotopic (exact) mass is 320 g/mol. The fraction of sp³-hybridized carbons (Fsp3) is 0.400. The Morgan fingerprint density at radius 2 is 2.13 bits per heavy atom. The van der Waals surface area contributed by atoms with Crippen molar-refractivity contribution in [3.05, 3.63) is 21.5 Å². The maximum Gasteiger partial charge on any atom is 0.359 e. The van der Waals surface area contributed by atoms with Crippen molar-refractivity contribution in [2.75, 3.05) is 5.73 Å². The number of rotatable bonds is 1. The predicted molar refractivity (Wildman–Crippen MR) is 66.5 cm³/mol. The number of anilines is 1. The van der Waals surface area contributed by atoms with Gasteiger partial charge in [-0.05, 0) is 49.4 Å². The number of nitrogens with two attached hydrogens (primary N) is 1. The van der Waals surface area contributed by atoms with Crippen LogP contribution < -0.4 is 5.73 Å². The van der Waals surface area contributed by atoms with Gasteiger partial charge in [0, 0.05) is 9.77 Å². The summed E-state index contributed by atoms with van der Waals surface area (Å²) in [6.45, 7) is 5.40. The highest BCUT2D eigenvalue weighted by atomic mass is 127. The molecule has 2 N–H and O–H groups in total. The van der Waals surface area contributed by atoms with Gasteiger partial charge in [-0.1, -0.05) is 0 Å². The summed E-state index contributed by atoms with van der Waals surface area (Å²) in [6, 6.07) is 1.74. The molecule has 0 unspecified atom stereocenters. The first-order valence-electron chi connectivity index (χ1n) is 4.44. The van der Waals surface area contributed by atoms with E-state index in [2.05, 4.69) is 4.98 Å². The molecule has 5 heteroatoms. The van der Waals surface area contributed by atoms with Gasteiger partial charge in [-0.15, -0.1) is 0 Å². The van der Waals surface area contributed by atoms with Crippen LogP contribution in [0.2, 0.25) is 0 Å². The molecule has 0 spiro atoms. The van der Waals surface area contributed by atoms with Gasteiger partial charge in [0.15, 0.2) is 5.69 Å². The minimum atomic E-state index is -0.535. The number of halogens is 1. The van der Waals surface area contributed by atoms with E-state index in [-0.39, 0.29) is 5.69 Å². The van der Waals surface area contributed by atoms with Crippen molar-refractivity contribution < 1.29 is 9.53 Å². The van der Waals surface area contributed by atoms with E-state index in [9.17, 15) is 4.79 Å². The van der Waals surface area contributed by atoms with Crippen LogP contribution in [0.15, 0.2) is 12.3 Å². The van der Waals surface area contributed by atoms with E-state index in [1.54, 1.807) is 26.8 Å². The van der Waals surface area contributed by atoms with Crippen molar-refractivity contribution in [3.63, 3.8) is 0 Å². The third-order valence-corrected chi connectivity index (χ3v) is 2.47. The Kier molecular flexibility index (Phi) is 3.54. The van der Waals surface area contributed by atoms with E-state index < -0.39 is 11.6 Å². The molecule has 1 aromatic heterocycles. The van der Waals surface area contributed by atoms with Crippen molar-refractivity contribution in [2.24, 2.45) is 0 Å². The highest BCUT2D eigenvalue weighted by molar-refractivity contribution is 14.1. The topological polar surface area (TPSA) is 65.2 Å². The van der Waals surface area contributed by atoms with Crippen LogP contribution >= 0.6 is 22.6 Å². The lowest BCUT2D eigenvalue weighted by Crippen LogP contribution is -2.25. The molecule has 0 aromatic carbocycles. The SMILES string of the molecule is CC(C)(C)OC(=O)c1nccc(I)c1N. The lowest BCUT2D eigenvalue weighted by Gasteiger charge is -2.19. The molecule has 0 aliphatic carbocycles. The summed E-state index contributed by atoms with van der Waals surface area (Å²) in [6.07, 6.45) is 1.54. The Balaban J connectivity index is 2.97. The Hall–Kier alpha value is -0.850. The minimum Gasteiger partial charge on any atom is -0.455 e. The van der Waals surface area contributed by atoms with Crippen molar-refractivity contribution in [1.29, 1.82) is 0 Å². The number of nitrogens with zero attached hydrogens (tertiary/aromatic N) is 1. The number of esters is 1. The molecule has 1 heterocycles. The summed E-state index contributed by atoms with van der Waals surface area (Å²) in [5.74, 6) is -0.487. The van der Waals surface area contributed by atoms with Crippen LogP contribution in [-0.4, -0.2) is 16.6 Å². The zero-order valence-electron chi connectivity index (χ0n) is 8.87. The fourth-order valence-corrected chi connectivity index (χ4v) is 1.36. The lowest BCUT2D eigenvalue weighted by molar-refractivity contribution is 0.00642. The molecule has 0 saturated heterocycles. The molecule has 0 aliphatic rings. The number of ether oxygens (including phenoxy) is 1. The summed E-state index contributed by atoms with van der Waals surface area (Å²) in [7, 11) is 0. The Bertz CT molecular complexity index is 385. The van der Waals surface area contributed by atoms with Crippen LogP contribution in [0.1, 0.15) is 31.3 Å². The van der Waals surface area contributed by atoms with E-state index in [0.717, 1.165) is 3.57 Å². The smallest absolute Gasteiger partial charge is 0.359 e. The first-order valence-corrected chi connectivity index (χ1v) is 5.52. The maximum absolute atomic E-state index is 11.7. The average molecular weight is 320 g/mol. The van der Waals surface area contributed by atoms with Crippen LogP contribution in [0.4, 0.5) is 5.69 Å². The average Bonchev–Trinajstić information content (AvgIpc) is 2.06. The maximum atomic E-state index is 11.7. The van der Waals surface area contributed by atoms with Gasteiger partial charge in [0.25, 0.3) is 0 Å². The van der Waals surface area contributed by atoms with Gasteiger partial charge in [0.05, 0.1) is 5.69 Å². The first kappa shape index (κ1) is 12.2. The van der Waals surface area contributed by atoms with E-state index in [4.69, 9.17) is 10.5 Å². The van der Waals surface area contributed by atoms with Crippen molar-refractivity contribution in [3.8, 4) is 0 Å². The van der Waals surface area contributed by atoms with Crippen LogP contribution in [0.3, 0.4) is 0 Å². The van der Waals surface area contributed by atoms with E-state index in [0.29, 0.717) is 5.69 Å². The van der Waals surface area contributed by atoms with E-state index in [1.807, 2.05) is 22.6 Å². The van der Waals surface area contributed by atoms with Gasteiger partial charge in [-0.2, -0.15) is 0 Å². The van der Waals surface area contributed by atoms with Gasteiger partial charge in [0.2, 0.25) is 0 Å². The standard InChI is InChI=1S/C10H13IN2O2/c1-10(2,3)15-9(14)8-7(12)6(11)4-5-13-8/h4-5H,12H2,1-3H3. The van der Waals surface area contributed by atoms with Gasteiger partial charge in [0.1, 0.15) is 5.60 Å². The normalized spacial score (nSPS) is 11.2. The molecular formula is C10H13IN2O2. The second-order valence-corrected chi connectivity index (χ2v) is 5.22. The zero-order chi connectivity index (χ0) is 11.6. The Morgan fingerprint density at radius 3 is 2.67 bits per heavy atom. The predicted octanol–water partition coefficient (Wildman–Crippen LogP) is 2.22. The fourth-order valence-electron chi connectivity index (χ4n) is 0.939. The number of nitrogen functional groups attached to an aromatic ring is 1. The lowest BCUT2D eigenvalue weighted by atomic mass is 10.2. The third kappa shape index (κ3) is 3.33. The highest BCUT2D eigenvalue weighted by Crippen LogP contribution is 2.19. The van der Waals surface area contributed by atoms with Crippen molar-refractivity contribution in [2.45, 2.75) is 26.4 Å². The van der Waals surface area contributed by atoms with E-state index >= 15 is 0 Å². The molecule has 15 heavy (non-hydrogen) atoms. The zero-order valence-corrected chi connectivity index (χ0v) is 11.0. The molecule has 1 aromatic rings. The summed E-state index contributed by atoms with van der Waals surface area (Å²) in [5, 5.41) is 0. The molecule has 0 aliphatic heterocycles. The summed E-state index contributed by atoms with van der Waals surface area (Å²) < 4.78 is 5.97. The van der Waals surface area contributed by atoms with Gasteiger partial charge in [-0.25, -0.2) is 9.78 Å². The van der Waals surface area contributed by atoms with Gasteiger partial charge in [-0.3, -0.25) is 0 Å². The number of pyridine rings is 1. The summed E-state index contributed by atoms with van der Waals surface area (Å²) >= 11 is 2.05. The number of carbonyl (C=O) groups excluding carboxylic acids is 1. The van der Waals surface area contributed by atoms with Crippen LogP contribution in [0.25, 0.3) is 0 Å². The first-order chi connectivity index (χ1) is 6.81. The summed E-state index contributed by atoms with van der Waals surface area (Å²) in [5.41, 5.74) is 5.74. The Labute approximate surface area is 102 Å². The number of carbonyl (C=O) groups is 1. The molecule has 0 bridgehead atoms. The minimum absolute atomic E-state index is 0.178. The van der Waals surface area contributed by atoms with E-state index in [1.165, 1.54) is 6.20 Å². The van der Waals surface area contributed by atoms with Crippen LogP contribution in [0.5, 0.6) is 0 Å². The molecule has 4 nitrogen and oxygen atoms in total. The number of aromatic nitrogens is 1. The largest absolute Gasteiger partial charge is 0.455 e. The third-order valence-electron chi connectivity index (χ3n) is 1.53. The highest BCUT2D eigenvalue weighted by Gasteiger charge is 2.21. The molecule has 82 valence electrons. The van der Waals surface area contributed by atoms with Gasteiger partial charge < -0.3 is 10.5 Å². The molecule has 0 fully saturated rings. The van der Waals surface area contributed by atoms with Crippen molar-refractivity contribution >= 4 is 34.2 Å². The van der Waals surface area contributed by atoms with Crippen LogP contribution in [-0.2, 0) is 4.74 Å². The molecule has 1 rings (SSSR count).